The van der Waals surface area contributed by atoms with Gasteiger partial charge in [0.05, 0.1) is 5.56 Å². The summed E-state index contributed by atoms with van der Waals surface area (Å²) in [6.45, 7) is 3.05. The number of amides is 2. The zero-order chi connectivity index (χ0) is 15.6. The predicted octanol–water partition coefficient (Wildman–Crippen LogP) is 2.50. The van der Waals surface area contributed by atoms with Crippen LogP contribution in [0.1, 0.15) is 28.4 Å². The van der Waals surface area contributed by atoms with Gasteiger partial charge < -0.3 is 14.9 Å². The third-order valence-corrected chi connectivity index (χ3v) is 4.63. The van der Waals surface area contributed by atoms with E-state index in [4.69, 9.17) is 5.11 Å². The van der Waals surface area contributed by atoms with Crippen molar-refractivity contribution in [2.24, 2.45) is 0 Å². The van der Waals surface area contributed by atoms with Crippen molar-refractivity contribution in [1.82, 2.24) is 9.80 Å². The van der Waals surface area contributed by atoms with Crippen molar-refractivity contribution >= 4 is 23.8 Å². The molecule has 1 aliphatic rings. The van der Waals surface area contributed by atoms with Gasteiger partial charge in [0.1, 0.15) is 0 Å². The number of nitrogens with zero attached hydrogens (tertiary/aromatic N) is 2. The second-order valence-electron chi connectivity index (χ2n) is 5.34. The van der Waals surface area contributed by atoms with Gasteiger partial charge >= 0.3 is 12.0 Å². The number of carbonyl (C=O) groups excluding carboxylic acids is 1. The lowest BCUT2D eigenvalue weighted by molar-refractivity contribution is 0.0696. The number of carboxylic acids is 1. The molecule has 1 atom stereocenters. The second-order valence-corrected chi connectivity index (χ2v) is 6.25. The molecule has 1 unspecified atom stereocenters. The van der Waals surface area contributed by atoms with Crippen LogP contribution in [0.3, 0.4) is 0 Å². The lowest BCUT2D eigenvalue weighted by Gasteiger charge is -2.29. The van der Waals surface area contributed by atoms with E-state index in [9.17, 15) is 9.59 Å². The van der Waals surface area contributed by atoms with Gasteiger partial charge in [-0.05, 0) is 36.4 Å². The van der Waals surface area contributed by atoms with Crippen molar-refractivity contribution in [3.8, 4) is 0 Å². The van der Waals surface area contributed by atoms with Gasteiger partial charge in [-0.3, -0.25) is 0 Å². The van der Waals surface area contributed by atoms with Gasteiger partial charge in [-0.2, -0.15) is 11.8 Å². The molecule has 1 aromatic rings. The molecule has 5 nitrogen and oxygen atoms in total. The number of carboxylic acid groups (broad SMARTS) is 1. The van der Waals surface area contributed by atoms with E-state index in [2.05, 4.69) is 0 Å². The van der Waals surface area contributed by atoms with E-state index in [1.165, 1.54) is 0 Å². The summed E-state index contributed by atoms with van der Waals surface area (Å²) in [5.41, 5.74) is 2.22. The molecule has 0 saturated heterocycles. The summed E-state index contributed by atoms with van der Waals surface area (Å²) in [5, 5.41) is 9.02. The SMILES string of the molecule is CSCC(C)N(C)C(=O)N1Cc2ccc(C(=O)O)cc2C1. The minimum Gasteiger partial charge on any atom is -0.478 e. The first-order valence-electron chi connectivity index (χ1n) is 6.79. The molecule has 21 heavy (non-hydrogen) atoms. The highest BCUT2D eigenvalue weighted by atomic mass is 32.2. The largest absolute Gasteiger partial charge is 0.478 e. The first-order valence-corrected chi connectivity index (χ1v) is 8.19. The Kier molecular flexibility index (Phi) is 4.77. The Morgan fingerprint density at radius 3 is 2.67 bits per heavy atom. The standard InChI is InChI=1S/C15H20N2O3S/c1-10(9-21-3)16(2)15(20)17-7-12-5-4-11(14(18)19)6-13(12)8-17/h4-6,10H,7-9H2,1-3H3,(H,18,19). The van der Waals surface area contributed by atoms with Crippen LogP contribution in [0.25, 0.3) is 0 Å². The first-order chi connectivity index (χ1) is 9.93. The van der Waals surface area contributed by atoms with Crippen molar-refractivity contribution in [3.05, 3.63) is 34.9 Å². The van der Waals surface area contributed by atoms with Gasteiger partial charge in [0.25, 0.3) is 0 Å². The Bertz CT molecular complexity index is 562. The summed E-state index contributed by atoms with van der Waals surface area (Å²) in [5.74, 6) is -0.0417. The fourth-order valence-electron chi connectivity index (χ4n) is 2.43. The van der Waals surface area contributed by atoms with Crippen LogP contribution in [0.4, 0.5) is 4.79 Å². The van der Waals surface area contributed by atoms with Gasteiger partial charge in [0, 0.05) is 31.9 Å². The Labute approximate surface area is 128 Å². The molecule has 2 amide bonds. The number of rotatable bonds is 4. The number of benzene rings is 1. The normalized spacial score (nSPS) is 14.7. The van der Waals surface area contributed by atoms with Crippen molar-refractivity contribution in [2.45, 2.75) is 26.1 Å². The summed E-state index contributed by atoms with van der Waals surface area (Å²) in [7, 11) is 1.81. The summed E-state index contributed by atoms with van der Waals surface area (Å²) in [4.78, 5) is 27.0. The minimum atomic E-state index is -0.937. The lowest BCUT2D eigenvalue weighted by atomic mass is 10.1. The topological polar surface area (TPSA) is 60.9 Å². The molecule has 0 aromatic heterocycles. The molecule has 0 saturated carbocycles. The molecule has 114 valence electrons. The molecule has 1 aromatic carbocycles. The summed E-state index contributed by atoms with van der Waals surface area (Å²) in [6, 6.07) is 5.22. The number of hydrogen-bond donors (Lipinski definition) is 1. The van der Waals surface area contributed by atoms with Crippen molar-refractivity contribution in [3.63, 3.8) is 0 Å². The smallest absolute Gasteiger partial charge is 0.335 e. The highest BCUT2D eigenvalue weighted by Crippen LogP contribution is 2.25. The maximum Gasteiger partial charge on any atom is 0.335 e. The van der Waals surface area contributed by atoms with Crippen LogP contribution in [-0.2, 0) is 13.1 Å². The maximum absolute atomic E-state index is 12.5. The molecule has 0 fully saturated rings. The van der Waals surface area contributed by atoms with Gasteiger partial charge in [-0.15, -0.1) is 0 Å². The van der Waals surface area contributed by atoms with E-state index in [0.717, 1.165) is 16.9 Å². The Hall–Kier alpha value is -1.69. The van der Waals surface area contributed by atoms with Crippen molar-refractivity contribution < 1.29 is 14.7 Å². The van der Waals surface area contributed by atoms with Crippen LogP contribution >= 0.6 is 11.8 Å². The summed E-state index contributed by atoms with van der Waals surface area (Å²) in [6.07, 6.45) is 2.02. The van der Waals surface area contributed by atoms with Crippen LogP contribution in [0.2, 0.25) is 0 Å². The average molecular weight is 308 g/mol. The first kappa shape index (κ1) is 15.7. The van der Waals surface area contributed by atoms with Gasteiger partial charge in [0.2, 0.25) is 0 Å². The number of thioether (sulfide) groups is 1. The number of aromatic carboxylic acids is 1. The molecule has 0 spiro atoms. The maximum atomic E-state index is 12.5. The third-order valence-electron chi connectivity index (χ3n) is 3.82. The van der Waals surface area contributed by atoms with E-state index < -0.39 is 5.97 Å². The number of urea groups is 1. The molecular weight excluding hydrogens is 288 g/mol. The van der Waals surface area contributed by atoms with Crippen molar-refractivity contribution in [2.75, 3.05) is 19.1 Å². The molecular formula is C15H20N2O3S. The predicted molar refractivity (Wildman–Crippen MR) is 83.7 cm³/mol. The monoisotopic (exact) mass is 308 g/mol. The van der Waals surface area contributed by atoms with Crippen LogP contribution < -0.4 is 0 Å². The quantitative estimate of drug-likeness (QED) is 0.928. The third kappa shape index (κ3) is 3.32. The van der Waals surface area contributed by atoms with Gasteiger partial charge in [-0.25, -0.2) is 9.59 Å². The Morgan fingerprint density at radius 2 is 2.05 bits per heavy atom. The minimum absolute atomic E-state index is 0.00961. The van der Waals surface area contributed by atoms with Crippen LogP contribution in [-0.4, -0.2) is 52.0 Å². The van der Waals surface area contributed by atoms with E-state index in [1.807, 2.05) is 20.2 Å². The zero-order valence-corrected chi connectivity index (χ0v) is 13.3. The molecule has 0 bridgehead atoms. The highest BCUT2D eigenvalue weighted by Gasteiger charge is 2.28. The van der Waals surface area contributed by atoms with E-state index in [-0.39, 0.29) is 17.6 Å². The van der Waals surface area contributed by atoms with Crippen LogP contribution in [0, 0.1) is 0 Å². The fraction of sp³-hybridized carbons (Fsp3) is 0.467. The number of hydrogen-bond acceptors (Lipinski definition) is 3. The van der Waals surface area contributed by atoms with Crippen LogP contribution in [0.5, 0.6) is 0 Å². The summed E-state index contributed by atoms with van der Waals surface area (Å²) >= 11 is 1.71. The average Bonchev–Trinajstić information content (AvgIpc) is 2.88. The molecule has 2 rings (SSSR count). The highest BCUT2D eigenvalue weighted by molar-refractivity contribution is 7.98. The molecule has 6 heteroatoms. The Balaban J connectivity index is 2.08. The Morgan fingerprint density at radius 1 is 1.38 bits per heavy atom. The van der Waals surface area contributed by atoms with Gasteiger partial charge in [0.15, 0.2) is 0 Å². The van der Waals surface area contributed by atoms with Crippen molar-refractivity contribution in [1.29, 1.82) is 0 Å². The summed E-state index contributed by atoms with van der Waals surface area (Å²) < 4.78 is 0. The molecule has 0 aliphatic carbocycles. The number of carbonyl (C=O) groups is 2. The lowest BCUT2D eigenvalue weighted by Crippen LogP contribution is -2.43. The molecule has 1 heterocycles. The zero-order valence-electron chi connectivity index (χ0n) is 12.5. The molecule has 1 aliphatic heterocycles. The van der Waals surface area contributed by atoms with E-state index in [0.29, 0.717) is 13.1 Å². The van der Waals surface area contributed by atoms with E-state index >= 15 is 0 Å². The second kappa shape index (κ2) is 6.39. The fourth-order valence-corrected chi connectivity index (χ4v) is 3.13. The van der Waals surface area contributed by atoms with E-state index in [1.54, 1.807) is 39.8 Å². The van der Waals surface area contributed by atoms with Gasteiger partial charge in [-0.1, -0.05) is 6.07 Å². The number of fused-ring (bicyclic) bond motifs is 1. The molecule has 1 N–H and O–H groups in total. The van der Waals surface area contributed by atoms with Crippen LogP contribution in [0.15, 0.2) is 18.2 Å². The molecule has 0 radical (unpaired) electrons.